The first-order valence-electron chi connectivity index (χ1n) is 4.69. The molecule has 0 atom stereocenters. The molecular weight excluding hydrogens is 212 g/mol. The SMILES string of the molecule is COc1cc(=O)n(C(C)(C)C)nc1C(=O)O. The fourth-order valence-electron chi connectivity index (χ4n) is 1.22. The smallest absolute Gasteiger partial charge is 0.360 e. The number of hydrogen-bond acceptors (Lipinski definition) is 4. The highest BCUT2D eigenvalue weighted by molar-refractivity contribution is 5.88. The molecule has 0 amide bonds. The van der Waals surface area contributed by atoms with Crippen molar-refractivity contribution in [2.45, 2.75) is 26.3 Å². The second-order valence-electron chi connectivity index (χ2n) is 4.29. The number of nitrogens with zero attached hydrogens (tertiary/aromatic N) is 2. The molecule has 0 unspecified atom stereocenters. The molecule has 6 nitrogen and oxygen atoms in total. The van der Waals surface area contributed by atoms with E-state index in [0.29, 0.717) is 0 Å². The third-order valence-corrected chi connectivity index (χ3v) is 1.95. The molecule has 16 heavy (non-hydrogen) atoms. The van der Waals surface area contributed by atoms with Crippen LogP contribution in [-0.4, -0.2) is 28.0 Å². The van der Waals surface area contributed by atoms with Crippen molar-refractivity contribution in [3.05, 3.63) is 22.1 Å². The highest BCUT2D eigenvalue weighted by Crippen LogP contribution is 2.15. The first kappa shape index (κ1) is 12.2. The van der Waals surface area contributed by atoms with Gasteiger partial charge in [-0.25, -0.2) is 9.48 Å². The van der Waals surface area contributed by atoms with Crippen LogP contribution in [0.3, 0.4) is 0 Å². The molecule has 6 heteroatoms. The average Bonchev–Trinajstić information content (AvgIpc) is 2.14. The van der Waals surface area contributed by atoms with Crippen molar-refractivity contribution in [3.63, 3.8) is 0 Å². The van der Waals surface area contributed by atoms with E-state index in [4.69, 9.17) is 9.84 Å². The number of rotatable bonds is 2. The van der Waals surface area contributed by atoms with Gasteiger partial charge in [0.05, 0.1) is 12.6 Å². The molecule has 0 aliphatic heterocycles. The van der Waals surface area contributed by atoms with Gasteiger partial charge in [0, 0.05) is 6.07 Å². The molecule has 0 aromatic carbocycles. The van der Waals surface area contributed by atoms with Crippen molar-refractivity contribution in [3.8, 4) is 5.75 Å². The van der Waals surface area contributed by atoms with Gasteiger partial charge < -0.3 is 9.84 Å². The van der Waals surface area contributed by atoms with Crippen LogP contribution in [0.15, 0.2) is 10.9 Å². The number of carboxylic acid groups (broad SMARTS) is 1. The van der Waals surface area contributed by atoms with Crippen molar-refractivity contribution >= 4 is 5.97 Å². The molecule has 1 N–H and O–H groups in total. The first-order valence-corrected chi connectivity index (χ1v) is 4.69. The van der Waals surface area contributed by atoms with Crippen molar-refractivity contribution in [1.29, 1.82) is 0 Å². The minimum atomic E-state index is -1.23. The van der Waals surface area contributed by atoms with Gasteiger partial charge in [0.15, 0.2) is 5.75 Å². The third-order valence-electron chi connectivity index (χ3n) is 1.95. The van der Waals surface area contributed by atoms with Crippen molar-refractivity contribution < 1.29 is 14.6 Å². The summed E-state index contributed by atoms with van der Waals surface area (Å²) in [5.74, 6) is -1.26. The molecule has 88 valence electrons. The Hall–Kier alpha value is -1.85. The Morgan fingerprint density at radius 2 is 2.06 bits per heavy atom. The van der Waals surface area contributed by atoms with Gasteiger partial charge in [-0.3, -0.25) is 4.79 Å². The van der Waals surface area contributed by atoms with Crippen molar-refractivity contribution in [1.82, 2.24) is 9.78 Å². The van der Waals surface area contributed by atoms with Crippen LogP contribution in [0.2, 0.25) is 0 Å². The van der Waals surface area contributed by atoms with Crippen LogP contribution in [0.1, 0.15) is 31.3 Å². The quantitative estimate of drug-likeness (QED) is 0.802. The van der Waals surface area contributed by atoms with E-state index < -0.39 is 17.1 Å². The summed E-state index contributed by atoms with van der Waals surface area (Å²) in [6.07, 6.45) is 0. The maximum atomic E-state index is 11.6. The lowest BCUT2D eigenvalue weighted by molar-refractivity contribution is 0.0681. The Morgan fingerprint density at radius 3 is 2.44 bits per heavy atom. The summed E-state index contributed by atoms with van der Waals surface area (Å²) in [6, 6.07) is 1.13. The highest BCUT2D eigenvalue weighted by atomic mass is 16.5. The fraction of sp³-hybridized carbons (Fsp3) is 0.500. The number of hydrogen-bond donors (Lipinski definition) is 1. The lowest BCUT2D eigenvalue weighted by Gasteiger charge is -2.21. The summed E-state index contributed by atoms with van der Waals surface area (Å²) in [5, 5.41) is 12.7. The summed E-state index contributed by atoms with van der Waals surface area (Å²) in [4.78, 5) is 22.6. The monoisotopic (exact) mass is 226 g/mol. The van der Waals surface area contributed by atoms with Gasteiger partial charge in [-0.2, -0.15) is 5.10 Å². The summed E-state index contributed by atoms with van der Waals surface area (Å²) >= 11 is 0. The Balaban J connectivity index is 3.52. The van der Waals surface area contributed by atoms with E-state index in [9.17, 15) is 9.59 Å². The summed E-state index contributed by atoms with van der Waals surface area (Å²) in [5.41, 5.74) is -1.24. The van der Waals surface area contributed by atoms with E-state index in [0.717, 1.165) is 10.7 Å². The topological polar surface area (TPSA) is 81.4 Å². The molecule has 0 radical (unpaired) electrons. The molecule has 0 fully saturated rings. The standard InChI is InChI=1S/C10H14N2O4/c1-10(2,3)12-7(13)5-6(16-4)8(11-12)9(14)15/h5H,1-4H3,(H,14,15). The largest absolute Gasteiger partial charge is 0.494 e. The van der Waals surface area contributed by atoms with Crippen LogP contribution in [0.25, 0.3) is 0 Å². The Bertz CT molecular complexity index is 471. The summed E-state index contributed by atoms with van der Waals surface area (Å²) < 4.78 is 5.92. The second kappa shape index (κ2) is 3.96. The van der Waals surface area contributed by atoms with Gasteiger partial charge in [-0.1, -0.05) is 0 Å². The lowest BCUT2D eigenvalue weighted by Crippen LogP contribution is -2.36. The second-order valence-corrected chi connectivity index (χ2v) is 4.29. The van der Waals surface area contributed by atoms with Crippen LogP contribution in [0, 0.1) is 0 Å². The van der Waals surface area contributed by atoms with Gasteiger partial charge in [0.1, 0.15) is 0 Å². The fourth-order valence-corrected chi connectivity index (χ4v) is 1.22. The number of carboxylic acids is 1. The molecule has 0 saturated carbocycles. The number of aromatic nitrogens is 2. The molecular formula is C10H14N2O4. The normalized spacial score (nSPS) is 11.2. The van der Waals surface area contributed by atoms with E-state index in [-0.39, 0.29) is 11.4 Å². The zero-order valence-corrected chi connectivity index (χ0v) is 9.64. The van der Waals surface area contributed by atoms with Crippen molar-refractivity contribution in [2.24, 2.45) is 0 Å². The maximum absolute atomic E-state index is 11.6. The average molecular weight is 226 g/mol. The minimum Gasteiger partial charge on any atom is -0.494 e. The third kappa shape index (κ3) is 2.21. The van der Waals surface area contributed by atoms with E-state index in [1.165, 1.54) is 7.11 Å². The predicted octanol–water partition coefficient (Wildman–Crippen LogP) is 0.705. The zero-order valence-electron chi connectivity index (χ0n) is 9.64. The van der Waals surface area contributed by atoms with E-state index >= 15 is 0 Å². The van der Waals surface area contributed by atoms with Crippen LogP contribution in [0.5, 0.6) is 5.75 Å². The van der Waals surface area contributed by atoms with Crippen LogP contribution >= 0.6 is 0 Å². The first-order chi connectivity index (χ1) is 7.27. The molecule has 0 aliphatic carbocycles. The highest BCUT2D eigenvalue weighted by Gasteiger charge is 2.22. The molecule has 0 spiro atoms. The van der Waals surface area contributed by atoms with E-state index in [1.807, 2.05) is 0 Å². The van der Waals surface area contributed by atoms with Gasteiger partial charge in [-0.05, 0) is 20.8 Å². The Morgan fingerprint density at radius 1 is 1.50 bits per heavy atom. The number of ether oxygens (including phenoxy) is 1. The van der Waals surface area contributed by atoms with Crippen LogP contribution in [0.4, 0.5) is 0 Å². The number of carbonyl (C=O) groups is 1. The molecule has 0 aliphatic rings. The lowest BCUT2D eigenvalue weighted by atomic mass is 10.1. The number of aromatic carboxylic acids is 1. The van der Waals surface area contributed by atoms with Crippen LogP contribution in [-0.2, 0) is 5.54 Å². The Kier molecular flexibility index (Phi) is 3.02. The summed E-state index contributed by atoms with van der Waals surface area (Å²) in [6.45, 7) is 5.29. The Labute approximate surface area is 92.5 Å². The van der Waals surface area contributed by atoms with Crippen molar-refractivity contribution in [2.75, 3.05) is 7.11 Å². The van der Waals surface area contributed by atoms with Gasteiger partial charge in [0.25, 0.3) is 5.56 Å². The summed E-state index contributed by atoms with van der Waals surface area (Å²) in [7, 11) is 1.30. The zero-order chi connectivity index (χ0) is 12.5. The molecule has 1 aromatic rings. The molecule has 1 heterocycles. The molecule has 0 bridgehead atoms. The number of methoxy groups -OCH3 is 1. The minimum absolute atomic E-state index is 0.0296. The van der Waals surface area contributed by atoms with Gasteiger partial charge in [-0.15, -0.1) is 0 Å². The maximum Gasteiger partial charge on any atom is 0.360 e. The van der Waals surface area contributed by atoms with Gasteiger partial charge >= 0.3 is 5.97 Å². The predicted molar refractivity (Wildman–Crippen MR) is 57.0 cm³/mol. The molecule has 1 rings (SSSR count). The van der Waals surface area contributed by atoms with E-state index in [1.54, 1.807) is 20.8 Å². The van der Waals surface area contributed by atoms with Gasteiger partial charge in [0.2, 0.25) is 5.69 Å². The molecule has 1 aromatic heterocycles. The van der Waals surface area contributed by atoms with Crippen LogP contribution < -0.4 is 10.3 Å². The van der Waals surface area contributed by atoms with E-state index in [2.05, 4.69) is 5.10 Å². The molecule has 0 saturated heterocycles.